The smallest absolute Gasteiger partial charge is 0.336 e. The zero-order valence-corrected chi connectivity index (χ0v) is 18.8. The van der Waals surface area contributed by atoms with E-state index in [4.69, 9.17) is 9.47 Å². The maximum absolute atomic E-state index is 13.1. The van der Waals surface area contributed by atoms with Crippen molar-refractivity contribution < 1.29 is 19.1 Å². The fourth-order valence-electron chi connectivity index (χ4n) is 3.59. The molecule has 2 atom stereocenters. The monoisotopic (exact) mass is 510 g/mol. The Morgan fingerprint density at radius 2 is 1.61 bits per heavy atom. The van der Waals surface area contributed by atoms with Crippen molar-refractivity contribution in [3.63, 3.8) is 0 Å². The summed E-state index contributed by atoms with van der Waals surface area (Å²) in [5.74, 6) is -0.960. The van der Waals surface area contributed by atoms with E-state index in [2.05, 4.69) is 42.5 Å². The van der Waals surface area contributed by atoms with E-state index in [0.29, 0.717) is 16.9 Å². The highest BCUT2D eigenvalue weighted by atomic mass is 79.9. The second kappa shape index (κ2) is 7.75. The zero-order chi connectivity index (χ0) is 20.5. The number of methoxy groups -OCH3 is 2. The Balaban J connectivity index is 2.22. The van der Waals surface area contributed by atoms with Crippen molar-refractivity contribution in [3.05, 3.63) is 57.0 Å². The summed E-state index contributed by atoms with van der Waals surface area (Å²) in [7, 11) is 2.66. The Morgan fingerprint density at radius 3 is 2.21 bits per heavy atom. The first-order chi connectivity index (χ1) is 13.2. The van der Waals surface area contributed by atoms with E-state index in [1.54, 1.807) is 6.92 Å². The van der Waals surface area contributed by atoms with Crippen LogP contribution in [-0.2, 0) is 24.6 Å². The van der Waals surface area contributed by atoms with Crippen molar-refractivity contribution in [3.8, 4) is 0 Å². The van der Waals surface area contributed by atoms with Gasteiger partial charge in [-0.25, -0.2) is 9.59 Å². The first-order valence-corrected chi connectivity index (χ1v) is 10.1. The highest BCUT2D eigenvalue weighted by Crippen LogP contribution is 2.46. The number of halogens is 2. The number of nitrogens with one attached hydrogen (secondary N) is 2. The van der Waals surface area contributed by atoms with Crippen molar-refractivity contribution in [2.45, 2.75) is 24.4 Å². The average molecular weight is 512 g/mol. The zero-order valence-electron chi connectivity index (χ0n) is 15.6. The van der Waals surface area contributed by atoms with E-state index in [1.807, 2.05) is 42.5 Å². The normalized spacial score (nSPS) is 23.2. The number of rotatable bonds is 4. The average Bonchev–Trinajstić information content (AvgIpc) is 2.68. The molecule has 0 saturated carbocycles. The SMILES string of the molecule is COC(=O)[C@@]1(C)C[C@@](Nc2ccc(Br)cc2)(C(=O)OC)c2cc(Br)ccc2N1. The molecule has 2 aromatic carbocycles. The van der Waals surface area contributed by atoms with Gasteiger partial charge in [0.25, 0.3) is 0 Å². The van der Waals surface area contributed by atoms with Gasteiger partial charge in [0.1, 0.15) is 5.54 Å². The van der Waals surface area contributed by atoms with E-state index < -0.39 is 23.0 Å². The van der Waals surface area contributed by atoms with Crippen LogP contribution in [0, 0.1) is 0 Å². The van der Waals surface area contributed by atoms with Crippen molar-refractivity contribution in [1.82, 2.24) is 0 Å². The van der Waals surface area contributed by atoms with Gasteiger partial charge in [0.05, 0.1) is 14.2 Å². The molecular weight excluding hydrogens is 492 g/mol. The predicted octanol–water partition coefficient (Wildman–Crippen LogP) is 4.44. The molecule has 0 aromatic heterocycles. The van der Waals surface area contributed by atoms with Gasteiger partial charge in [-0.05, 0) is 49.4 Å². The van der Waals surface area contributed by atoms with Crippen LogP contribution in [0.4, 0.5) is 11.4 Å². The molecule has 28 heavy (non-hydrogen) atoms. The molecule has 6 nitrogen and oxygen atoms in total. The summed E-state index contributed by atoms with van der Waals surface area (Å²) < 4.78 is 11.9. The van der Waals surface area contributed by atoms with Crippen molar-refractivity contribution in [2.24, 2.45) is 0 Å². The number of benzene rings is 2. The molecule has 8 heteroatoms. The minimum Gasteiger partial charge on any atom is -0.467 e. The molecule has 148 valence electrons. The van der Waals surface area contributed by atoms with Crippen molar-refractivity contribution in [2.75, 3.05) is 24.9 Å². The van der Waals surface area contributed by atoms with Crippen LogP contribution in [0.3, 0.4) is 0 Å². The largest absolute Gasteiger partial charge is 0.467 e. The number of esters is 2. The molecule has 0 spiro atoms. The second-order valence-corrected chi connectivity index (χ2v) is 8.68. The van der Waals surface area contributed by atoms with Crippen LogP contribution in [-0.4, -0.2) is 31.7 Å². The topological polar surface area (TPSA) is 76.7 Å². The third-order valence-electron chi connectivity index (χ3n) is 4.84. The maximum Gasteiger partial charge on any atom is 0.336 e. The van der Waals surface area contributed by atoms with Crippen LogP contribution >= 0.6 is 31.9 Å². The molecular formula is C20H20Br2N2O4. The van der Waals surface area contributed by atoms with Crippen LogP contribution in [0.2, 0.25) is 0 Å². The molecule has 0 aliphatic carbocycles. The van der Waals surface area contributed by atoms with Crippen molar-refractivity contribution >= 4 is 55.2 Å². The summed E-state index contributed by atoms with van der Waals surface area (Å²) in [6, 6.07) is 13.0. The summed E-state index contributed by atoms with van der Waals surface area (Å²) in [4.78, 5) is 25.7. The van der Waals surface area contributed by atoms with Crippen LogP contribution in [0.1, 0.15) is 18.9 Å². The summed E-state index contributed by atoms with van der Waals surface area (Å²) >= 11 is 6.89. The number of anilines is 2. The Labute approximate surface area is 180 Å². The van der Waals surface area contributed by atoms with E-state index in [-0.39, 0.29) is 6.42 Å². The molecule has 0 fully saturated rings. The number of hydrogen-bond acceptors (Lipinski definition) is 6. The first kappa shape index (κ1) is 20.7. The summed E-state index contributed by atoms with van der Waals surface area (Å²) in [5.41, 5.74) is -0.383. The maximum atomic E-state index is 13.1. The number of carbonyl (C=O) groups excluding carboxylic acids is 2. The van der Waals surface area contributed by atoms with E-state index in [9.17, 15) is 9.59 Å². The highest BCUT2D eigenvalue weighted by molar-refractivity contribution is 9.10. The second-order valence-electron chi connectivity index (χ2n) is 6.84. The van der Waals surface area contributed by atoms with Gasteiger partial charge in [-0.15, -0.1) is 0 Å². The quantitative estimate of drug-likeness (QED) is 0.591. The summed E-state index contributed by atoms with van der Waals surface area (Å²) in [6.07, 6.45) is 0.0961. The first-order valence-electron chi connectivity index (χ1n) is 8.53. The van der Waals surface area contributed by atoms with Crippen LogP contribution in [0.25, 0.3) is 0 Å². The van der Waals surface area contributed by atoms with E-state index in [0.717, 1.165) is 8.95 Å². The van der Waals surface area contributed by atoms with Gasteiger partial charge in [-0.1, -0.05) is 31.9 Å². The molecule has 3 rings (SSSR count). The lowest BCUT2D eigenvalue weighted by atomic mass is 9.73. The molecule has 2 N–H and O–H groups in total. The van der Waals surface area contributed by atoms with Gasteiger partial charge in [0, 0.05) is 32.3 Å². The molecule has 0 amide bonds. The van der Waals surface area contributed by atoms with Gasteiger partial charge in [0.15, 0.2) is 5.54 Å². The lowest BCUT2D eigenvalue weighted by Gasteiger charge is -2.45. The summed E-state index contributed by atoms with van der Waals surface area (Å²) in [5, 5.41) is 6.56. The molecule has 0 radical (unpaired) electrons. The standard InChI is InChI=1S/C20H20Br2N2O4/c1-19(17(25)27-2)11-20(18(26)28-3,23-14-7-4-12(21)5-8-14)15-10-13(22)6-9-16(15)24-19/h4-10,23-24H,11H2,1-3H3/t19-,20+/m1/s1. The molecule has 0 unspecified atom stereocenters. The number of fused-ring (bicyclic) bond motifs is 1. The Bertz CT molecular complexity index is 919. The van der Waals surface area contributed by atoms with Crippen LogP contribution < -0.4 is 10.6 Å². The molecule has 2 aromatic rings. The van der Waals surface area contributed by atoms with E-state index >= 15 is 0 Å². The molecule has 0 saturated heterocycles. The predicted molar refractivity (Wildman–Crippen MR) is 114 cm³/mol. The van der Waals surface area contributed by atoms with Crippen molar-refractivity contribution in [1.29, 1.82) is 0 Å². The minimum atomic E-state index is -1.30. The van der Waals surface area contributed by atoms with Crippen LogP contribution in [0.5, 0.6) is 0 Å². The van der Waals surface area contributed by atoms with Gasteiger partial charge >= 0.3 is 11.9 Å². The molecule has 1 aliphatic heterocycles. The number of hydrogen-bond donors (Lipinski definition) is 2. The number of ether oxygens (including phenoxy) is 2. The Hall–Kier alpha value is -2.06. The van der Waals surface area contributed by atoms with Crippen LogP contribution in [0.15, 0.2) is 51.4 Å². The Morgan fingerprint density at radius 1 is 1.00 bits per heavy atom. The van der Waals surface area contributed by atoms with E-state index in [1.165, 1.54) is 14.2 Å². The van der Waals surface area contributed by atoms with Gasteiger partial charge in [-0.2, -0.15) is 0 Å². The minimum absolute atomic E-state index is 0.0961. The highest BCUT2D eigenvalue weighted by Gasteiger charge is 2.55. The number of carbonyl (C=O) groups is 2. The molecule has 1 aliphatic rings. The molecule has 0 bridgehead atoms. The van der Waals surface area contributed by atoms with Gasteiger partial charge < -0.3 is 20.1 Å². The fourth-order valence-corrected chi connectivity index (χ4v) is 4.22. The van der Waals surface area contributed by atoms with Gasteiger partial charge in [0.2, 0.25) is 0 Å². The third-order valence-corrected chi connectivity index (χ3v) is 5.86. The van der Waals surface area contributed by atoms with Gasteiger partial charge in [-0.3, -0.25) is 0 Å². The lowest BCUT2D eigenvalue weighted by Crippen LogP contribution is -2.59. The molecule has 1 heterocycles. The Kier molecular flexibility index (Phi) is 5.72. The summed E-state index contributed by atoms with van der Waals surface area (Å²) in [6.45, 7) is 1.71. The fraction of sp³-hybridized carbons (Fsp3) is 0.300. The lowest BCUT2D eigenvalue weighted by molar-refractivity contribution is -0.151. The third kappa shape index (κ3) is 3.63.